The first-order valence-corrected chi connectivity index (χ1v) is 7.69. The van der Waals surface area contributed by atoms with Gasteiger partial charge in [0.2, 0.25) is 0 Å². The molecule has 23 heavy (non-hydrogen) atoms. The van der Waals surface area contributed by atoms with Gasteiger partial charge in [-0.2, -0.15) is 8.78 Å². The summed E-state index contributed by atoms with van der Waals surface area (Å²) in [5, 5.41) is 0. The van der Waals surface area contributed by atoms with Crippen molar-refractivity contribution < 1.29 is 23.0 Å². The molecule has 128 valence electrons. The zero-order chi connectivity index (χ0) is 16.8. The molecule has 2 rings (SSSR count). The SMILES string of the molecule is CCCN1CCN(C(=O)c2ccc(OC(F)F)c(OC)c2)CC1. The summed E-state index contributed by atoms with van der Waals surface area (Å²) < 4.78 is 34.1. The van der Waals surface area contributed by atoms with Crippen molar-refractivity contribution in [2.24, 2.45) is 0 Å². The molecule has 0 aliphatic carbocycles. The number of rotatable bonds is 6. The average Bonchev–Trinajstić information content (AvgIpc) is 2.55. The van der Waals surface area contributed by atoms with Crippen molar-refractivity contribution in [2.45, 2.75) is 20.0 Å². The Labute approximate surface area is 134 Å². The molecule has 0 saturated carbocycles. The van der Waals surface area contributed by atoms with Gasteiger partial charge in [-0.3, -0.25) is 9.69 Å². The minimum atomic E-state index is -2.93. The first kappa shape index (κ1) is 17.5. The van der Waals surface area contributed by atoms with Crippen LogP contribution in [0.5, 0.6) is 11.5 Å². The van der Waals surface area contributed by atoms with E-state index < -0.39 is 6.61 Å². The topological polar surface area (TPSA) is 42.0 Å². The van der Waals surface area contributed by atoms with Crippen LogP contribution in [0, 0.1) is 0 Å². The van der Waals surface area contributed by atoms with Gasteiger partial charge in [0.25, 0.3) is 5.91 Å². The molecule has 0 bridgehead atoms. The number of hydrogen-bond donors (Lipinski definition) is 0. The normalized spacial score (nSPS) is 15.8. The van der Waals surface area contributed by atoms with E-state index >= 15 is 0 Å². The van der Waals surface area contributed by atoms with Gasteiger partial charge in [0.1, 0.15) is 0 Å². The van der Waals surface area contributed by atoms with E-state index in [2.05, 4.69) is 16.6 Å². The Balaban J connectivity index is 2.05. The third-order valence-corrected chi connectivity index (χ3v) is 3.83. The molecule has 0 N–H and O–H groups in total. The third-order valence-electron chi connectivity index (χ3n) is 3.83. The van der Waals surface area contributed by atoms with Crippen LogP contribution in [0.15, 0.2) is 18.2 Å². The maximum absolute atomic E-state index is 12.5. The number of benzene rings is 1. The van der Waals surface area contributed by atoms with Crippen molar-refractivity contribution in [2.75, 3.05) is 39.8 Å². The summed E-state index contributed by atoms with van der Waals surface area (Å²) in [6, 6.07) is 4.27. The van der Waals surface area contributed by atoms with Gasteiger partial charge in [0, 0.05) is 31.7 Å². The van der Waals surface area contributed by atoms with Crippen LogP contribution in [-0.2, 0) is 0 Å². The molecule has 1 aliphatic rings. The second kappa shape index (κ2) is 8.10. The number of methoxy groups -OCH3 is 1. The Morgan fingerprint density at radius 2 is 1.91 bits per heavy atom. The lowest BCUT2D eigenvalue weighted by atomic mass is 10.1. The number of carbonyl (C=O) groups is 1. The molecular weight excluding hydrogens is 306 g/mol. The van der Waals surface area contributed by atoms with E-state index in [1.165, 1.54) is 25.3 Å². The highest BCUT2D eigenvalue weighted by Gasteiger charge is 2.23. The Bertz CT molecular complexity index is 532. The highest BCUT2D eigenvalue weighted by molar-refractivity contribution is 5.95. The highest BCUT2D eigenvalue weighted by atomic mass is 19.3. The lowest BCUT2D eigenvalue weighted by molar-refractivity contribution is -0.0512. The highest BCUT2D eigenvalue weighted by Crippen LogP contribution is 2.30. The minimum Gasteiger partial charge on any atom is -0.493 e. The van der Waals surface area contributed by atoms with Crippen molar-refractivity contribution >= 4 is 5.91 Å². The minimum absolute atomic E-state index is 0.0770. The standard InChI is InChI=1S/C16H22F2N2O3/c1-3-6-19-7-9-20(10-8-19)15(21)12-4-5-13(23-16(17)18)14(11-12)22-2/h4-5,11,16H,3,6-10H2,1-2H3. The van der Waals surface area contributed by atoms with E-state index in [4.69, 9.17) is 4.74 Å². The van der Waals surface area contributed by atoms with Crippen molar-refractivity contribution in [3.63, 3.8) is 0 Å². The van der Waals surface area contributed by atoms with Crippen molar-refractivity contribution in [1.29, 1.82) is 0 Å². The van der Waals surface area contributed by atoms with Crippen LogP contribution in [0.25, 0.3) is 0 Å². The fourth-order valence-electron chi connectivity index (χ4n) is 2.67. The summed E-state index contributed by atoms with van der Waals surface area (Å²) in [7, 11) is 1.35. The van der Waals surface area contributed by atoms with E-state index in [1.807, 2.05) is 0 Å². The molecule has 0 atom stereocenters. The second-order valence-corrected chi connectivity index (χ2v) is 5.38. The van der Waals surface area contributed by atoms with Crippen molar-refractivity contribution in [3.8, 4) is 11.5 Å². The van der Waals surface area contributed by atoms with Crippen molar-refractivity contribution in [3.05, 3.63) is 23.8 Å². The lowest BCUT2D eigenvalue weighted by Gasteiger charge is -2.34. The summed E-state index contributed by atoms with van der Waals surface area (Å²) in [4.78, 5) is 16.6. The fraction of sp³-hybridized carbons (Fsp3) is 0.562. The Morgan fingerprint density at radius 1 is 1.22 bits per heavy atom. The molecule has 7 heteroatoms. The molecule has 1 aromatic carbocycles. The number of nitrogens with zero attached hydrogens (tertiary/aromatic N) is 2. The first-order chi connectivity index (χ1) is 11.0. The molecular formula is C16H22F2N2O3. The lowest BCUT2D eigenvalue weighted by Crippen LogP contribution is -2.48. The number of alkyl halides is 2. The van der Waals surface area contributed by atoms with Crippen LogP contribution < -0.4 is 9.47 Å². The van der Waals surface area contributed by atoms with E-state index in [9.17, 15) is 13.6 Å². The van der Waals surface area contributed by atoms with Crippen LogP contribution in [0.1, 0.15) is 23.7 Å². The predicted octanol–water partition coefficient (Wildman–Crippen LogP) is 2.46. The van der Waals surface area contributed by atoms with E-state index in [1.54, 1.807) is 4.90 Å². The molecule has 0 radical (unpaired) electrons. The fourth-order valence-corrected chi connectivity index (χ4v) is 2.67. The summed E-state index contributed by atoms with van der Waals surface area (Å²) in [5.74, 6) is -0.0735. The molecule has 1 amide bonds. The van der Waals surface area contributed by atoms with Crippen LogP contribution in [0.2, 0.25) is 0 Å². The van der Waals surface area contributed by atoms with Gasteiger partial charge < -0.3 is 14.4 Å². The van der Waals surface area contributed by atoms with Crippen LogP contribution in [0.3, 0.4) is 0 Å². The van der Waals surface area contributed by atoms with E-state index in [-0.39, 0.29) is 17.4 Å². The molecule has 1 aliphatic heterocycles. The molecule has 0 spiro atoms. The summed E-state index contributed by atoms with van der Waals surface area (Å²) in [5.41, 5.74) is 0.410. The maximum Gasteiger partial charge on any atom is 0.387 e. The van der Waals surface area contributed by atoms with E-state index in [0.717, 1.165) is 26.1 Å². The monoisotopic (exact) mass is 328 g/mol. The van der Waals surface area contributed by atoms with Crippen LogP contribution in [-0.4, -0.2) is 62.2 Å². The number of carbonyl (C=O) groups excluding carboxylic acids is 1. The Kier molecular flexibility index (Phi) is 6.15. The maximum atomic E-state index is 12.5. The largest absolute Gasteiger partial charge is 0.493 e. The number of piperazine rings is 1. The van der Waals surface area contributed by atoms with Crippen LogP contribution >= 0.6 is 0 Å². The van der Waals surface area contributed by atoms with E-state index in [0.29, 0.717) is 18.7 Å². The summed E-state index contributed by atoms with van der Waals surface area (Å²) in [6.45, 7) is 3.26. The van der Waals surface area contributed by atoms with Gasteiger partial charge in [-0.15, -0.1) is 0 Å². The summed E-state index contributed by atoms with van der Waals surface area (Å²) in [6.07, 6.45) is 1.09. The predicted molar refractivity (Wildman–Crippen MR) is 82.3 cm³/mol. The quantitative estimate of drug-likeness (QED) is 0.804. The summed E-state index contributed by atoms with van der Waals surface area (Å²) >= 11 is 0. The van der Waals surface area contributed by atoms with Crippen LogP contribution in [0.4, 0.5) is 8.78 Å². The molecule has 0 unspecified atom stereocenters. The van der Waals surface area contributed by atoms with Gasteiger partial charge in [-0.1, -0.05) is 6.92 Å². The molecule has 0 aromatic heterocycles. The zero-order valence-electron chi connectivity index (χ0n) is 13.4. The molecule has 1 aromatic rings. The van der Waals surface area contributed by atoms with Gasteiger partial charge in [0.05, 0.1) is 7.11 Å². The molecule has 1 saturated heterocycles. The van der Waals surface area contributed by atoms with Crippen molar-refractivity contribution in [1.82, 2.24) is 9.80 Å². The second-order valence-electron chi connectivity index (χ2n) is 5.38. The molecule has 1 heterocycles. The van der Waals surface area contributed by atoms with Gasteiger partial charge in [-0.25, -0.2) is 0 Å². The Hall–Kier alpha value is -1.89. The average molecular weight is 328 g/mol. The number of ether oxygens (including phenoxy) is 2. The first-order valence-electron chi connectivity index (χ1n) is 7.69. The van der Waals surface area contributed by atoms with Gasteiger partial charge in [-0.05, 0) is 31.2 Å². The number of amides is 1. The van der Waals surface area contributed by atoms with Gasteiger partial charge in [0.15, 0.2) is 11.5 Å². The Morgan fingerprint density at radius 3 is 2.48 bits per heavy atom. The number of hydrogen-bond acceptors (Lipinski definition) is 4. The third kappa shape index (κ3) is 4.54. The number of halogens is 2. The molecule has 1 fully saturated rings. The van der Waals surface area contributed by atoms with Gasteiger partial charge >= 0.3 is 6.61 Å². The smallest absolute Gasteiger partial charge is 0.387 e. The zero-order valence-corrected chi connectivity index (χ0v) is 13.4. The molecule has 5 nitrogen and oxygen atoms in total.